The Labute approximate surface area is 123 Å². The van der Waals surface area contributed by atoms with Crippen LogP contribution in [0, 0.1) is 0 Å². The number of nitrogens with one attached hydrogen (secondary N) is 1. The molecule has 20 heavy (non-hydrogen) atoms. The molecule has 4 nitrogen and oxygen atoms in total. The zero-order valence-corrected chi connectivity index (χ0v) is 12.3. The third-order valence-corrected chi connectivity index (χ3v) is 4.07. The number of carbonyl (C=O) groups is 1. The van der Waals surface area contributed by atoms with E-state index in [1.54, 1.807) is 11.3 Å². The lowest BCUT2D eigenvalue weighted by Gasteiger charge is -2.12. The van der Waals surface area contributed by atoms with Crippen LogP contribution in [0.25, 0.3) is 0 Å². The Kier molecular flexibility index (Phi) is 5.26. The number of benzene rings is 1. The minimum atomic E-state index is -0.613. The van der Waals surface area contributed by atoms with Crippen molar-refractivity contribution in [2.45, 2.75) is 25.8 Å². The fraction of sp³-hybridized carbons (Fsp3) is 0.333. The summed E-state index contributed by atoms with van der Waals surface area (Å²) in [5, 5.41) is 6.03. The summed E-state index contributed by atoms with van der Waals surface area (Å²) in [6.07, 6.45) is 1.69. The van der Waals surface area contributed by atoms with Crippen LogP contribution in [0.3, 0.4) is 0 Å². The van der Waals surface area contributed by atoms with Crippen molar-refractivity contribution in [2.75, 3.05) is 6.54 Å². The van der Waals surface area contributed by atoms with E-state index in [0.717, 1.165) is 29.1 Å². The van der Waals surface area contributed by atoms with Crippen LogP contribution in [0.15, 0.2) is 35.7 Å². The van der Waals surface area contributed by atoms with Gasteiger partial charge in [0.2, 0.25) is 5.91 Å². The quantitative estimate of drug-likeness (QED) is 0.855. The molecule has 0 radical (unpaired) electrons. The van der Waals surface area contributed by atoms with Crippen molar-refractivity contribution in [3.8, 4) is 0 Å². The maximum Gasteiger partial charge on any atom is 0.241 e. The van der Waals surface area contributed by atoms with Gasteiger partial charge in [0.1, 0.15) is 6.04 Å². The predicted molar refractivity (Wildman–Crippen MR) is 81.6 cm³/mol. The second kappa shape index (κ2) is 7.17. The SMILES string of the molecule is CCc1nc(CCNC(=O)C(N)c2ccccc2)cs1. The van der Waals surface area contributed by atoms with E-state index in [-0.39, 0.29) is 5.91 Å². The van der Waals surface area contributed by atoms with Crippen molar-refractivity contribution in [1.82, 2.24) is 10.3 Å². The van der Waals surface area contributed by atoms with Gasteiger partial charge in [-0.15, -0.1) is 11.3 Å². The highest BCUT2D eigenvalue weighted by molar-refractivity contribution is 7.09. The highest BCUT2D eigenvalue weighted by Crippen LogP contribution is 2.11. The second-order valence-corrected chi connectivity index (χ2v) is 5.46. The number of amides is 1. The summed E-state index contributed by atoms with van der Waals surface area (Å²) in [5.41, 5.74) is 7.77. The number of aryl methyl sites for hydroxylation is 1. The van der Waals surface area contributed by atoms with Crippen LogP contribution in [0.1, 0.15) is 29.2 Å². The van der Waals surface area contributed by atoms with Crippen molar-refractivity contribution in [3.63, 3.8) is 0 Å². The molecule has 5 heteroatoms. The van der Waals surface area contributed by atoms with Crippen LogP contribution < -0.4 is 11.1 Å². The fourth-order valence-corrected chi connectivity index (χ4v) is 2.64. The standard InChI is InChI=1S/C15H19N3OS/c1-2-13-18-12(10-20-13)8-9-17-15(19)14(16)11-6-4-3-5-7-11/h3-7,10,14H,2,8-9,16H2,1H3,(H,17,19). The highest BCUT2D eigenvalue weighted by Gasteiger charge is 2.14. The molecule has 1 aromatic carbocycles. The molecule has 1 amide bonds. The molecule has 3 N–H and O–H groups in total. The maximum atomic E-state index is 11.9. The first kappa shape index (κ1) is 14.7. The number of nitrogens with two attached hydrogens (primary N) is 1. The molecular formula is C15H19N3OS. The molecule has 0 aliphatic carbocycles. The summed E-state index contributed by atoms with van der Waals surface area (Å²) in [6, 6.07) is 8.77. The summed E-state index contributed by atoms with van der Waals surface area (Å²) in [7, 11) is 0. The van der Waals surface area contributed by atoms with Gasteiger partial charge in [-0.2, -0.15) is 0 Å². The molecule has 0 aliphatic rings. The normalized spacial score (nSPS) is 12.1. The number of rotatable bonds is 6. The molecule has 2 aromatic rings. The van der Waals surface area contributed by atoms with E-state index < -0.39 is 6.04 Å². The molecular weight excluding hydrogens is 270 g/mol. The van der Waals surface area contributed by atoms with E-state index in [2.05, 4.69) is 17.2 Å². The number of nitrogens with zero attached hydrogens (tertiary/aromatic N) is 1. The molecule has 1 unspecified atom stereocenters. The second-order valence-electron chi connectivity index (χ2n) is 4.52. The molecule has 0 aliphatic heterocycles. The van der Waals surface area contributed by atoms with Crippen molar-refractivity contribution in [1.29, 1.82) is 0 Å². The minimum absolute atomic E-state index is 0.151. The molecule has 1 heterocycles. The van der Waals surface area contributed by atoms with Crippen molar-refractivity contribution in [2.24, 2.45) is 5.73 Å². The van der Waals surface area contributed by atoms with Crippen molar-refractivity contribution < 1.29 is 4.79 Å². The Bertz CT molecular complexity index is 553. The molecule has 0 saturated carbocycles. The fourth-order valence-electron chi connectivity index (χ4n) is 1.86. The van der Waals surface area contributed by atoms with E-state index in [4.69, 9.17) is 5.73 Å². The van der Waals surface area contributed by atoms with Gasteiger partial charge in [-0.05, 0) is 12.0 Å². The third kappa shape index (κ3) is 3.88. The number of hydrogen-bond acceptors (Lipinski definition) is 4. The maximum absolute atomic E-state index is 11.9. The average molecular weight is 289 g/mol. The number of carbonyl (C=O) groups excluding carboxylic acids is 1. The summed E-state index contributed by atoms with van der Waals surface area (Å²) in [6.45, 7) is 2.65. The van der Waals surface area contributed by atoms with Gasteiger partial charge in [0.15, 0.2) is 0 Å². The predicted octanol–water partition coefficient (Wildman–Crippen LogP) is 2.06. The monoisotopic (exact) mass is 289 g/mol. The lowest BCUT2D eigenvalue weighted by molar-refractivity contribution is -0.122. The van der Waals surface area contributed by atoms with Crippen LogP contribution in [0.5, 0.6) is 0 Å². The summed E-state index contributed by atoms with van der Waals surface area (Å²) >= 11 is 1.66. The Balaban J connectivity index is 1.80. The molecule has 0 spiro atoms. The summed E-state index contributed by atoms with van der Waals surface area (Å²) in [4.78, 5) is 16.4. The van der Waals surface area contributed by atoms with E-state index in [1.165, 1.54) is 0 Å². The van der Waals surface area contributed by atoms with Gasteiger partial charge in [0, 0.05) is 18.3 Å². The lowest BCUT2D eigenvalue weighted by atomic mass is 10.1. The van der Waals surface area contributed by atoms with Gasteiger partial charge in [-0.25, -0.2) is 4.98 Å². The molecule has 0 saturated heterocycles. The van der Waals surface area contributed by atoms with Gasteiger partial charge in [-0.3, -0.25) is 4.79 Å². The summed E-state index contributed by atoms with van der Waals surface area (Å²) in [5.74, 6) is -0.151. The summed E-state index contributed by atoms with van der Waals surface area (Å²) < 4.78 is 0. The molecule has 1 atom stereocenters. The first-order chi connectivity index (χ1) is 9.70. The van der Waals surface area contributed by atoms with Gasteiger partial charge < -0.3 is 11.1 Å². The first-order valence-corrected chi connectivity index (χ1v) is 7.60. The zero-order valence-electron chi connectivity index (χ0n) is 11.5. The van der Waals surface area contributed by atoms with Crippen LogP contribution >= 0.6 is 11.3 Å². The number of aromatic nitrogens is 1. The minimum Gasteiger partial charge on any atom is -0.354 e. The smallest absolute Gasteiger partial charge is 0.241 e. The Morgan fingerprint density at radius 3 is 2.80 bits per heavy atom. The van der Waals surface area contributed by atoms with Crippen LogP contribution in [0.2, 0.25) is 0 Å². The van der Waals surface area contributed by atoms with Crippen molar-refractivity contribution in [3.05, 3.63) is 52.0 Å². The molecule has 2 rings (SSSR count). The van der Waals surface area contributed by atoms with Gasteiger partial charge >= 0.3 is 0 Å². The van der Waals surface area contributed by atoms with Crippen LogP contribution in [-0.2, 0) is 17.6 Å². The average Bonchev–Trinajstić information content (AvgIpc) is 2.95. The van der Waals surface area contributed by atoms with Gasteiger partial charge in [0.25, 0.3) is 0 Å². The third-order valence-electron chi connectivity index (χ3n) is 3.02. The highest BCUT2D eigenvalue weighted by atomic mass is 32.1. The molecule has 1 aromatic heterocycles. The number of thiazole rings is 1. The number of hydrogen-bond donors (Lipinski definition) is 2. The Morgan fingerprint density at radius 2 is 2.15 bits per heavy atom. The molecule has 106 valence electrons. The van der Waals surface area contributed by atoms with E-state index in [0.29, 0.717) is 6.54 Å². The largest absolute Gasteiger partial charge is 0.354 e. The molecule has 0 bridgehead atoms. The Morgan fingerprint density at radius 1 is 1.40 bits per heavy atom. The van der Waals surface area contributed by atoms with Crippen LogP contribution in [-0.4, -0.2) is 17.4 Å². The molecule has 0 fully saturated rings. The Hall–Kier alpha value is -1.72. The van der Waals surface area contributed by atoms with E-state index >= 15 is 0 Å². The van der Waals surface area contributed by atoms with Gasteiger partial charge in [0.05, 0.1) is 10.7 Å². The van der Waals surface area contributed by atoms with Gasteiger partial charge in [-0.1, -0.05) is 37.3 Å². The van der Waals surface area contributed by atoms with Crippen molar-refractivity contribution >= 4 is 17.2 Å². The van der Waals surface area contributed by atoms with E-state index in [1.807, 2.05) is 35.7 Å². The van der Waals surface area contributed by atoms with Crippen LogP contribution in [0.4, 0.5) is 0 Å². The zero-order chi connectivity index (χ0) is 14.4. The van der Waals surface area contributed by atoms with E-state index in [9.17, 15) is 4.79 Å². The topological polar surface area (TPSA) is 68.0 Å². The lowest BCUT2D eigenvalue weighted by Crippen LogP contribution is -2.35. The first-order valence-electron chi connectivity index (χ1n) is 6.72.